The first-order valence-electron chi connectivity index (χ1n) is 10.4. The van der Waals surface area contributed by atoms with Crippen LogP contribution in [0.25, 0.3) is 5.41 Å². The lowest BCUT2D eigenvalue weighted by Crippen LogP contribution is -2.34. The molecule has 0 aliphatic heterocycles. The Hall–Kier alpha value is -3.94. The number of halogens is 9. The fraction of sp³-hybridized carbons (Fsp3) is 0.619. The standard InChI is InChI=1S/C7H16.C6H3F3NO3.C4F6O3.C4H5NO2/c1-4-7(5-2)6-3;1-13-5(12)3(2-10)4(11)6(7,8)9;5-3(6,7)1(11)13-2(12)4(8,9)10;1-7-4(6)2-3-5/h7H,4-6H2,1-3H3;1H3;;2H2,1H3/q;-1;;. The summed E-state index contributed by atoms with van der Waals surface area (Å²) in [6, 6.07) is 1.64. The summed E-state index contributed by atoms with van der Waals surface area (Å²) in [7, 11) is 2.02. The van der Waals surface area contributed by atoms with E-state index >= 15 is 0 Å². The second-order valence-electron chi connectivity index (χ2n) is 6.48. The van der Waals surface area contributed by atoms with Gasteiger partial charge in [0.15, 0.2) is 0 Å². The molecule has 19 heteroatoms. The Kier molecular flexibility index (Phi) is 22.6. The molecule has 0 bridgehead atoms. The van der Waals surface area contributed by atoms with Gasteiger partial charge in [0, 0.05) is 0 Å². The lowest BCUT2D eigenvalue weighted by molar-refractivity contribution is -0.221. The van der Waals surface area contributed by atoms with Crippen molar-refractivity contribution in [2.45, 2.75) is 65.0 Å². The molecule has 0 atom stereocenters. The highest BCUT2D eigenvalue weighted by atomic mass is 19.4. The fourth-order valence-electron chi connectivity index (χ4n) is 1.64. The number of Topliss-reactive ketones (excluding diaryl/α,β-unsaturated/α-hetero) is 1. The van der Waals surface area contributed by atoms with Crippen molar-refractivity contribution in [3.8, 4) is 6.07 Å². The molecule has 10 nitrogen and oxygen atoms in total. The monoisotopic (exact) mass is 603 g/mol. The van der Waals surface area contributed by atoms with Gasteiger partial charge >= 0.3 is 42.4 Å². The lowest BCUT2D eigenvalue weighted by Gasteiger charge is -2.06. The topological polar surface area (TPSA) is 159 Å². The molecule has 0 spiro atoms. The Morgan fingerprint density at radius 2 is 1.12 bits per heavy atom. The quantitative estimate of drug-likeness (QED) is 0.0808. The van der Waals surface area contributed by atoms with E-state index in [1.54, 1.807) is 6.07 Å². The molecule has 0 aromatic carbocycles. The number of rotatable bonds is 6. The van der Waals surface area contributed by atoms with Crippen LogP contribution in [0.1, 0.15) is 46.5 Å². The van der Waals surface area contributed by atoms with Crippen LogP contribution in [0.5, 0.6) is 0 Å². The van der Waals surface area contributed by atoms with Gasteiger partial charge in [-0.1, -0.05) is 40.0 Å². The van der Waals surface area contributed by atoms with E-state index in [4.69, 9.17) is 10.7 Å². The Balaban J connectivity index is -0.000000225. The molecule has 0 fully saturated rings. The first kappa shape index (κ1) is 43.1. The van der Waals surface area contributed by atoms with Gasteiger partial charge in [0.2, 0.25) is 0 Å². The van der Waals surface area contributed by atoms with Gasteiger partial charge in [0.25, 0.3) is 5.78 Å². The molecular weight excluding hydrogens is 579 g/mol. The summed E-state index contributed by atoms with van der Waals surface area (Å²) in [4.78, 5) is 50.0. The average molecular weight is 603 g/mol. The summed E-state index contributed by atoms with van der Waals surface area (Å²) in [5.74, 6) is -9.16. The first-order chi connectivity index (χ1) is 18.0. The number of nitrogens with zero attached hydrogens (tertiary/aromatic N) is 2. The zero-order chi connectivity index (χ0) is 32.9. The number of nitriles is 1. The maximum Gasteiger partial charge on any atom is 0.491 e. The molecule has 0 amide bonds. The molecule has 0 unspecified atom stereocenters. The van der Waals surface area contributed by atoms with E-state index in [1.165, 1.54) is 26.4 Å². The van der Waals surface area contributed by atoms with Gasteiger partial charge in [0.05, 0.1) is 20.3 Å². The van der Waals surface area contributed by atoms with Crippen LogP contribution in [0.3, 0.4) is 0 Å². The Labute approximate surface area is 221 Å². The van der Waals surface area contributed by atoms with Crippen LogP contribution >= 0.6 is 0 Å². The van der Waals surface area contributed by atoms with Crippen molar-refractivity contribution in [2.24, 2.45) is 5.92 Å². The number of carbonyl (C=O) groups excluding carboxylic acids is 5. The molecule has 40 heavy (non-hydrogen) atoms. The molecule has 0 heterocycles. The third-order valence-electron chi connectivity index (χ3n) is 3.82. The molecule has 0 N–H and O–H groups in total. The summed E-state index contributed by atoms with van der Waals surface area (Å²) in [6.07, 6.45) is -12.6. The number of carbonyl (C=O) groups is 5. The minimum atomic E-state index is -5.62. The third kappa shape index (κ3) is 22.1. The van der Waals surface area contributed by atoms with Crippen LogP contribution in [-0.4, -0.2) is 68.3 Å². The lowest BCUT2D eigenvalue weighted by atomic mass is 10.0. The van der Waals surface area contributed by atoms with Crippen molar-refractivity contribution >= 4 is 35.5 Å². The maximum atomic E-state index is 11.7. The number of hydrogen-bond donors (Lipinski definition) is 0. The van der Waals surface area contributed by atoms with Crippen molar-refractivity contribution in [1.82, 2.24) is 0 Å². The Morgan fingerprint density at radius 1 is 0.750 bits per heavy atom. The highest BCUT2D eigenvalue weighted by Crippen LogP contribution is 2.22. The molecule has 0 aromatic rings. The van der Waals surface area contributed by atoms with Gasteiger partial charge in [-0.2, -0.15) is 44.8 Å². The summed E-state index contributed by atoms with van der Waals surface area (Å²) in [5, 5.41) is 15.9. The van der Waals surface area contributed by atoms with E-state index in [2.05, 4.69) is 35.0 Å². The van der Waals surface area contributed by atoms with Crippen molar-refractivity contribution in [3.05, 3.63) is 11.0 Å². The summed E-state index contributed by atoms with van der Waals surface area (Å²) < 4.78 is 113. The highest BCUT2D eigenvalue weighted by Gasteiger charge is 2.49. The molecule has 0 radical (unpaired) electrons. The number of alkyl halides is 9. The van der Waals surface area contributed by atoms with Gasteiger partial charge in [-0.25, -0.2) is 14.4 Å². The molecule has 0 saturated carbocycles. The van der Waals surface area contributed by atoms with Crippen molar-refractivity contribution < 1.29 is 77.7 Å². The molecule has 0 aromatic heterocycles. The fourth-order valence-corrected chi connectivity index (χ4v) is 1.64. The van der Waals surface area contributed by atoms with Gasteiger partial charge < -0.3 is 19.6 Å². The van der Waals surface area contributed by atoms with Crippen molar-refractivity contribution in [1.29, 1.82) is 5.26 Å². The predicted octanol–water partition coefficient (Wildman–Crippen LogP) is 4.54. The molecular formula is C21H24F9N2O8-. The second kappa shape index (κ2) is 21.0. The van der Waals surface area contributed by atoms with Gasteiger partial charge in [-0.05, 0) is 5.92 Å². The number of ketones is 1. The Morgan fingerprint density at radius 3 is 1.27 bits per heavy atom. The van der Waals surface area contributed by atoms with E-state index in [-0.39, 0.29) is 6.42 Å². The van der Waals surface area contributed by atoms with Gasteiger partial charge in [0.1, 0.15) is 12.0 Å². The summed E-state index contributed by atoms with van der Waals surface area (Å²) in [5.41, 5.74) is -1.57. The minimum absolute atomic E-state index is 0.156. The molecule has 0 aliphatic carbocycles. The average Bonchev–Trinajstić information content (AvgIpc) is 2.84. The summed E-state index contributed by atoms with van der Waals surface area (Å²) in [6.45, 7) is 6.78. The highest BCUT2D eigenvalue weighted by molar-refractivity contribution is 6.25. The first-order valence-corrected chi connectivity index (χ1v) is 10.4. The number of methoxy groups -OCH3 is 2. The van der Waals surface area contributed by atoms with Crippen LogP contribution in [-0.2, 0) is 38.2 Å². The van der Waals surface area contributed by atoms with E-state index in [0.29, 0.717) is 0 Å². The zero-order valence-electron chi connectivity index (χ0n) is 21.5. The van der Waals surface area contributed by atoms with Crippen molar-refractivity contribution in [2.75, 3.05) is 14.2 Å². The smallest absolute Gasteiger partial charge is 0.491 e. The molecule has 0 saturated heterocycles. The largest absolute Gasteiger partial charge is 0.762 e. The van der Waals surface area contributed by atoms with Gasteiger partial charge in [-0.3, -0.25) is 15.5 Å². The summed E-state index contributed by atoms with van der Waals surface area (Å²) >= 11 is 0. The maximum absolute atomic E-state index is 11.7. The van der Waals surface area contributed by atoms with Gasteiger partial charge in [-0.15, -0.1) is 0 Å². The van der Waals surface area contributed by atoms with Crippen LogP contribution in [0.4, 0.5) is 39.5 Å². The van der Waals surface area contributed by atoms with Crippen LogP contribution in [0, 0.1) is 17.2 Å². The second-order valence-corrected chi connectivity index (χ2v) is 6.48. The van der Waals surface area contributed by atoms with E-state index in [1.807, 2.05) is 0 Å². The molecule has 0 rings (SSSR count). The van der Waals surface area contributed by atoms with Crippen LogP contribution < -0.4 is 0 Å². The number of ether oxygens (including phenoxy) is 3. The molecule has 0 aliphatic rings. The van der Waals surface area contributed by atoms with E-state index in [9.17, 15) is 63.5 Å². The molecule has 230 valence electrons. The minimum Gasteiger partial charge on any atom is -0.762 e. The number of hydrogen-bond acceptors (Lipinski definition) is 9. The van der Waals surface area contributed by atoms with E-state index < -0.39 is 53.8 Å². The number of esters is 4. The Bertz CT molecular complexity index is 897. The normalized spacial score (nSPS) is 10.3. The van der Waals surface area contributed by atoms with Crippen molar-refractivity contribution in [3.63, 3.8) is 0 Å². The van der Waals surface area contributed by atoms with Crippen LogP contribution in [0.15, 0.2) is 5.57 Å². The predicted molar refractivity (Wildman–Crippen MR) is 115 cm³/mol. The van der Waals surface area contributed by atoms with E-state index in [0.717, 1.165) is 18.9 Å². The third-order valence-corrected chi connectivity index (χ3v) is 3.82. The SMILES string of the molecule is CCC(CC)CC.COC(=O)C(=C=[N-])C(=O)C(F)(F)F.COC(=O)CC#N.O=C(OC(=O)C(F)(F)F)C(F)(F)F. The zero-order valence-corrected chi connectivity index (χ0v) is 21.5. The van der Waals surface area contributed by atoms with Crippen LogP contribution in [0.2, 0.25) is 0 Å².